The van der Waals surface area contributed by atoms with Crippen molar-refractivity contribution in [2.45, 2.75) is 0 Å². The summed E-state index contributed by atoms with van der Waals surface area (Å²) in [6.45, 7) is 0.778. The second-order valence-corrected chi connectivity index (χ2v) is 2.67. The summed E-state index contributed by atoms with van der Waals surface area (Å²) in [5.41, 5.74) is 2.19. The van der Waals surface area contributed by atoms with Crippen LogP contribution in [0.5, 0.6) is 5.75 Å². The smallest absolute Gasteiger partial charge is 0.121 e. The molecule has 1 radical (unpaired) electrons. The topological polar surface area (TPSA) is 23.3 Å². The molecule has 0 bridgehead atoms. The Hall–Kier alpha value is -1.44. The van der Waals surface area contributed by atoms with Gasteiger partial charge in [0.1, 0.15) is 5.75 Å². The van der Waals surface area contributed by atoms with Crippen molar-refractivity contribution in [1.82, 2.24) is 5.32 Å². The van der Waals surface area contributed by atoms with Crippen molar-refractivity contribution in [1.29, 1.82) is 0 Å². The Balaban J connectivity index is 2.44. The molecular formula is C10H10NO. The fraction of sp³-hybridized carbons (Fsp3) is 0.200. The molecule has 2 heteroatoms. The lowest BCUT2D eigenvalue weighted by atomic mass is 10.1. The van der Waals surface area contributed by atoms with Crippen LogP contribution in [0.25, 0.3) is 6.08 Å². The zero-order valence-corrected chi connectivity index (χ0v) is 6.95. The molecule has 0 spiro atoms. The molecule has 0 aliphatic carbocycles. The molecule has 1 aliphatic rings. The van der Waals surface area contributed by atoms with Gasteiger partial charge in [-0.2, -0.15) is 0 Å². The first-order valence-electron chi connectivity index (χ1n) is 3.92. The average Bonchev–Trinajstić information content (AvgIpc) is 2.17. The van der Waals surface area contributed by atoms with Crippen LogP contribution in [0.15, 0.2) is 24.3 Å². The first kappa shape index (κ1) is 7.22. The molecule has 2 nitrogen and oxygen atoms in total. The van der Waals surface area contributed by atoms with Crippen LogP contribution in [0.1, 0.15) is 5.56 Å². The van der Waals surface area contributed by atoms with E-state index in [4.69, 9.17) is 4.74 Å². The standard InChI is InChI=1S/C10H10NO/c1-12-9-5-4-8-3-2-6-11-10(8)7-9/h2-5,7H,6H2,1H3. The molecular weight excluding hydrogens is 150 g/mol. The number of nitrogens with zero attached hydrogens (tertiary/aromatic N) is 1. The average molecular weight is 160 g/mol. The molecule has 1 aromatic carbocycles. The number of ether oxygens (including phenoxy) is 1. The Morgan fingerprint density at radius 2 is 2.33 bits per heavy atom. The van der Waals surface area contributed by atoms with Gasteiger partial charge in [-0.25, -0.2) is 0 Å². The zero-order chi connectivity index (χ0) is 8.39. The third-order valence-corrected chi connectivity index (χ3v) is 1.90. The lowest BCUT2D eigenvalue weighted by Crippen LogP contribution is -2.02. The molecule has 1 aliphatic heterocycles. The highest BCUT2D eigenvalue weighted by Crippen LogP contribution is 2.25. The van der Waals surface area contributed by atoms with Crippen LogP contribution in [-0.4, -0.2) is 13.7 Å². The SMILES string of the molecule is COc1ccc2c(c1)[N]CC=C2. The molecule has 0 fully saturated rings. The number of hydrogen-bond acceptors (Lipinski definition) is 1. The normalized spacial score (nSPS) is 13.4. The highest BCUT2D eigenvalue weighted by atomic mass is 16.5. The van der Waals surface area contributed by atoms with Crippen molar-refractivity contribution in [3.05, 3.63) is 29.8 Å². The summed E-state index contributed by atoms with van der Waals surface area (Å²) >= 11 is 0. The molecule has 0 unspecified atom stereocenters. The monoisotopic (exact) mass is 160 g/mol. The van der Waals surface area contributed by atoms with E-state index in [1.54, 1.807) is 7.11 Å². The van der Waals surface area contributed by atoms with Gasteiger partial charge in [-0.1, -0.05) is 12.2 Å². The molecule has 0 atom stereocenters. The molecule has 0 saturated heterocycles. The van der Waals surface area contributed by atoms with E-state index in [9.17, 15) is 0 Å². The van der Waals surface area contributed by atoms with E-state index in [0.29, 0.717) is 0 Å². The Kier molecular flexibility index (Phi) is 1.74. The van der Waals surface area contributed by atoms with Crippen molar-refractivity contribution in [2.24, 2.45) is 0 Å². The third-order valence-electron chi connectivity index (χ3n) is 1.90. The van der Waals surface area contributed by atoms with Crippen LogP contribution >= 0.6 is 0 Å². The molecule has 12 heavy (non-hydrogen) atoms. The lowest BCUT2D eigenvalue weighted by Gasteiger charge is -2.11. The highest BCUT2D eigenvalue weighted by Gasteiger charge is 2.05. The van der Waals surface area contributed by atoms with Crippen LogP contribution in [0.4, 0.5) is 5.69 Å². The number of hydrogen-bond donors (Lipinski definition) is 0. The second kappa shape index (κ2) is 2.89. The van der Waals surface area contributed by atoms with E-state index in [2.05, 4.69) is 17.5 Å². The van der Waals surface area contributed by atoms with E-state index in [1.807, 2.05) is 18.2 Å². The number of benzene rings is 1. The van der Waals surface area contributed by atoms with Gasteiger partial charge in [-0.05, 0) is 17.7 Å². The lowest BCUT2D eigenvalue weighted by molar-refractivity contribution is 0.414. The predicted octanol–water partition coefficient (Wildman–Crippen LogP) is 1.96. The van der Waals surface area contributed by atoms with Crippen LogP contribution in [-0.2, 0) is 0 Å². The highest BCUT2D eigenvalue weighted by molar-refractivity contribution is 5.67. The minimum Gasteiger partial charge on any atom is -0.497 e. The molecule has 0 N–H and O–H groups in total. The summed E-state index contributed by atoms with van der Waals surface area (Å²) in [5.74, 6) is 0.868. The zero-order valence-electron chi connectivity index (χ0n) is 6.95. The van der Waals surface area contributed by atoms with Crippen molar-refractivity contribution >= 4 is 11.8 Å². The Morgan fingerprint density at radius 3 is 3.17 bits per heavy atom. The first-order valence-corrected chi connectivity index (χ1v) is 3.92. The minimum atomic E-state index is 0.778. The van der Waals surface area contributed by atoms with Gasteiger partial charge in [0.25, 0.3) is 0 Å². The van der Waals surface area contributed by atoms with Gasteiger partial charge >= 0.3 is 0 Å². The van der Waals surface area contributed by atoms with Crippen LogP contribution in [0.3, 0.4) is 0 Å². The van der Waals surface area contributed by atoms with Crippen molar-refractivity contribution in [3.8, 4) is 5.75 Å². The number of rotatable bonds is 1. The Bertz CT molecular complexity index is 318. The Morgan fingerprint density at radius 1 is 1.42 bits per heavy atom. The van der Waals surface area contributed by atoms with Crippen molar-refractivity contribution in [3.63, 3.8) is 0 Å². The van der Waals surface area contributed by atoms with Crippen molar-refractivity contribution < 1.29 is 4.74 Å². The van der Waals surface area contributed by atoms with Crippen molar-refractivity contribution in [2.75, 3.05) is 13.7 Å². The van der Waals surface area contributed by atoms with Gasteiger partial charge in [-0.3, -0.25) is 5.32 Å². The largest absolute Gasteiger partial charge is 0.497 e. The first-order chi connectivity index (χ1) is 5.90. The predicted molar refractivity (Wildman–Crippen MR) is 48.7 cm³/mol. The van der Waals surface area contributed by atoms with Crippen LogP contribution in [0, 0.1) is 0 Å². The van der Waals surface area contributed by atoms with E-state index in [0.717, 1.165) is 18.0 Å². The van der Waals surface area contributed by atoms with E-state index in [-0.39, 0.29) is 0 Å². The molecule has 0 saturated carbocycles. The summed E-state index contributed by atoms with van der Waals surface area (Å²) in [6.07, 6.45) is 4.14. The fourth-order valence-corrected chi connectivity index (χ4v) is 1.26. The van der Waals surface area contributed by atoms with E-state index in [1.165, 1.54) is 5.56 Å². The maximum Gasteiger partial charge on any atom is 0.121 e. The Labute approximate surface area is 71.9 Å². The van der Waals surface area contributed by atoms with Gasteiger partial charge in [0.2, 0.25) is 0 Å². The van der Waals surface area contributed by atoms with Crippen LogP contribution in [0.2, 0.25) is 0 Å². The summed E-state index contributed by atoms with van der Waals surface area (Å²) in [5, 5.41) is 4.33. The van der Waals surface area contributed by atoms with E-state index < -0.39 is 0 Å². The molecule has 1 heterocycles. The summed E-state index contributed by atoms with van der Waals surface area (Å²) in [6, 6.07) is 5.93. The van der Waals surface area contributed by atoms with E-state index >= 15 is 0 Å². The number of fused-ring (bicyclic) bond motifs is 1. The number of methoxy groups -OCH3 is 1. The molecule has 1 aromatic rings. The molecule has 0 amide bonds. The third kappa shape index (κ3) is 1.16. The molecule has 61 valence electrons. The van der Waals surface area contributed by atoms with Gasteiger partial charge in [-0.15, -0.1) is 0 Å². The summed E-state index contributed by atoms with van der Waals surface area (Å²) in [7, 11) is 1.67. The summed E-state index contributed by atoms with van der Waals surface area (Å²) in [4.78, 5) is 0. The quantitative estimate of drug-likeness (QED) is 0.616. The maximum absolute atomic E-state index is 5.10. The van der Waals surface area contributed by atoms with Gasteiger partial charge in [0.05, 0.1) is 19.3 Å². The molecule has 2 rings (SSSR count). The molecule has 0 aromatic heterocycles. The van der Waals surface area contributed by atoms with Gasteiger partial charge in [0, 0.05) is 6.07 Å². The fourth-order valence-electron chi connectivity index (χ4n) is 1.26. The minimum absolute atomic E-state index is 0.778. The van der Waals surface area contributed by atoms with Crippen LogP contribution < -0.4 is 10.1 Å². The second-order valence-electron chi connectivity index (χ2n) is 2.67. The maximum atomic E-state index is 5.10. The van der Waals surface area contributed by atoms with Gasteiger partial charge in [0.15, 0.2) is 0 Å². The van der Waals surface area contributed by atoms with Gasteiger partial charge < -0.3 is 4.74 Å². The summed E-state index contributed by atoms with van der Waals surface area (Å²) < 4.78 is 5.10.